The van der Waals surface area contributed by atoms with Gasteiger partial charge in [0.05, 0.1) is 12.5 Å². The number of alkyl halides is 3. The molecule has 0 aromatic carbocycles. The van der Waals surface area contributed by atoms with Crippen LogP contribution in [0.4, 0.5) is 19.0 Å². The first-order valence-corrected chi connectivity index (χ1v) is 8.77. The van der Waals surface area contributed by atoms with Gasteiger partial charge in [-0.2, -0.15) is 18.3 Å². The van der Waals surface area contributed by atoms with E-state index in [1.807, 2.05) is 0 Å². The molecule has 1 N–H and O–H groups in total. The summed E-state index contributed by atoms with van der Waals surface area (Å²) in [5, 5.41) is 6.57. The average molecular weight is 375 g/mol. The van der Waals surface area contributed by atoms with Gasteiger partial charge in [-0.15, -0.1) is 0 Å². The summed E-state index contributed by atoms with van der Waals surface area (Å²) >= 11 is 0. The number of hydrogen-bond donors (Lipinski definition) is 1. The average Bonchev–Trinajstić information content (AvgIpc) is 3.03. The second-order valence-electron chi connectivity index (χ2n) is 6.74. The van der Waals surface area contributed by atoms with Crippen molar-refractivity contribution >= 4 is 17.7 Å². The third kappa shape index (κ3) is 4.37. The minimum absolute atomic E-state index is 0.0584. The van der Waals surface area contributed by atoms with Crippen molar-refractivity contribution in [3.8, 4) is 0 Å². The first-order valence-electron chi connectivity index (χ1n) is 8.77. The largest absolute Gasteiger partial charge is 0.462 e. The summed E-state index contributed by atoms with van der Waals surface area (Å²) in [4.78, 5) is 26.4. The fourth-order valence-corrected chi connectivity index (χ4v) is 3.29. The van der Waals surface area contributed by atoms with Gasteiger partial charge in [-0.1, -0.05) is 0 Å². The Morgan fingerprint density at radius 1 is 1.31 bits per heavy atom. The molecule has 0 atom stereocenters. The molecule has 0 unspecified atom stereocenters. The van der Waals surface area contributed by atoms with E-state index in [0.29, 0.717) is 0 Å². The predicted octanol–water partition coefficient (Wildman–Crippen LogP) is 3.70. The van der Waals surface area contributed by atoms with E-state index in [2.05, 4.69) is 10.2 Å². The number of hydrogen-bond acceptors (Lipinski definition) is 4. The summed E-state index contributed by atoms with van der Waals surface area (Å²) in [6.45, 7) is 5.38. The van der Waals surface area contributed by atoms with Crippen molar-refractivity contribution in [3.05, 3.63) is 11.8 Å². The van der Waals surface area contributed by atoms with E-state index in [0.717, 1.165) is 0 Å². The molecule has 1 aliphatic rings. The van der Waals surface area contributed by atoms with Crippen LogP contribution < -0.4 is 4.90 Å². The number of nitrogens with zero attached hydrogens (tertiary/aromatic N) is 2. The van der Waals surface area contributed by atoms with E-state index < -0.39 is 24.0 Å². The Kier molecular flexibility index (Phi) is 6.30. The molecule has 1 fully saturated rings. The first-order chi connectivity index (χ1) is 12.2. The third-order valence-corrected chi connectivity index (χ3v) is 4.64. The Bertz CT molecular complexity index is 635. The maximum absolute atomic E-state index is 13.0. The highest BCUT2D eigenvalue weighted by Crippen LogP contribution is 2.40. The number of carbonyl (C=O) groups excluding carboxylic acids is 2. The van der Waals surface area contributed by atoms with Crippen LogP contribution in [-0.2, 0) is 9.53 Å². The highest BCUT2D eigenvalue weighted by Gasteiger charge is 2.43. The van der Waals surface area contributed by atoms with Crippen LogP contribution in [-0.4, -0.2) is 40.9 Å². The molecule has 0 saturated heterocycles. The number of anilines is 1. The minimum Gasteiger partial charge on any atom is -0.462 e. The smallest absolute Gasteiger partial charge is 0.391 e. The lowest BCUT2D eigenvalue weighted by Gasteiger charge is -2.34. The molecule has 1 aliphatic carbocycles. The van der Waals surface area contributed by atoms with Crippen molar-refractivity contribution in [2.24, 2.45) is 11.8 Å². The van der Waals surface area contributed by atoms with Gasteiger partial charge >= 0.3 is 12.1 Å². The predicted molar refractivity (Wildman–Crippen MR) is 88.7 cm³/mol. The van der Waals surface area contributed by atoms with Crippen molar-refractivity contribution in [1.82, 2.24) is 10.2 Å². The van der Waals surface area contributed by atoms with E-state index in [1.165, 1.54) is 11.1 Å². The number of H-pyrrole nitrogens is 1. The van der Waals surface area contributed by atoms with Crippen molar-refractivity contribution in [2.45, 2.75) is 58.7 Å². The molecule has 0 radical (unpaired) electrons. The van der Waals surface area contributed by atoms with Crippen molar-refractivity contribution in [3.63, 3.8) is 0 Å². The molecule has 146 valence electrons. The van der Waals surface area contributed by atoms with Gasteiger partial charge in [0.2, 0.25) is 5.91 Å². The zero-order valence-corrected chi connectivity index (χ0v) is 15.1. The lowest BCUT2D eigenvalue weighted by atomic mass is 9.81. The van der Waals surface area contributed by atoms with E-state index in [1.54, 1.807) is 20.8 Å². The Morgan fingerprint density at radius 2 is 1.92 bits per heavy atom. The summed E-state index contributed by atoms with van der Waals surface area (Å²) < 4.78 is 43.5. The van der Waals surface area contributed by atoms with Crippen LogP contribution in [0.25, 0.3) is 0 Å². The maximum Gasteiger partial charge on any atom is 0.391 e. The SMILES string of the molecule is CCOC(=O)c1c[nH]nc1N(C(=O)[C@H]1CC[C@H](C(F)(F)F)CC1)C(C)C. The number of ether oxygens (including phenoxy) is 1. The monoisotopic (exact) mass is 375 g/mol. The van der Waals surface area contributed by atoms with E-state index in [9.17, 15) is 22.8 Å². The Hall–Kier alpha value is -2.06. The Labute approximate surface area is 150 Å². The molecule has 2 rings (SSSR count). The van der Waals surface area contributed by atoms with Crippen LogP contribution in [0.3, 0.4) is 0 Å². The van der Waals surface area contributed by atoms with Crippen LogP contribution in [0.2, 0.25) is 0 Å². The van der Waals surface area contributed by atoms with E-state index >= 15 is 0 Å². The highest BCUT2D eigenvalue weighted by molar-refractivity contribution is 6.02. The quantitative estimate of drug-likeness (QED) is 0.797. The number of nitrogens with one attached hydrogen (secondary N) is 1. The molecule has 0 aliphatic heterocycles. The molecular formula is C17H24F3N3O3. The van der Waals surface area contributed by atoms with Gasteiger partial charge in [0.15, 0.2) is 5.82 Å². The van der Waals surface area contributed by atoms with Crippen LogP contribution in [0, 0.1) is 11.8 Å². The highest BCUT2D eigenvalue weighted by atomic mass is 19.4. The van der Waals surface area contributed by atoms with Crippen LogP contribution in [0.15, 0.2) is 6.20 Å². The number of aromatic nitrogens is 2. The topological polar surface area (TPSA) is 75.3 Å². The van der Waals surface area contributed by atoms with Gasteiger partial charge < -0.3 is 4.74 Å². The molecule has 1 saturated carbocycles. The lowest BCUT2D eigenvalue weighted by molar-refractivity contribution is -0.184. The number of aromatic amines is 1. The fraction of sp³-hybridized carbons (Fsp3) is 0.706. The Morgan fingerprint density at radius 3 is 2.42 bits per heavy atom. The van der Waals surface area contributed by atoms with Gasteiger partial charge in [0.25, 0.3) is 0 Å². The molecule has 1 aromatic heterocycles. The van der Waals surface area contributed by atoms with E-state index in [-0.39, 0.29) is 55.6 Å². The zero-order valence-electron chi connectivity index (χ0n) is 15.1. The van der Waals surface area contributed by atoms with Crippen LogP contribution >= 0.6 is 0 Å². The molecule has 0 bridgehead atoms. The zero-order chi connectivity index (χ0) is 19.5. The number of rotatable bonds is 5. The molecule has 1 amide bonds. The standard InChI is InChI=1S/C17H24F3N3O3/c1-4-26-16(25)13-9-21-22-14(13)23(10(2)3)15(24)11-5-7-12(8-6-11)17(18,19)20/h9-12H,4-8H2,1-3H3,(H,21,22)/t11-,12-. The van der Waals surface area contributed by atoms with E-state index in [4.69, 9.17) is 4.74 Å². The maximum atomic E-state index is 13.0. The van der Waals surface area contributed by atoms with Gasteiger partial charge in [-0.25, -0.2) is 4.79 Å². The summed E-state index contributed by atoms with van der Waals surface area (Å²) in [6.07, 6.45) is -2.63. The van der Waals surface area contributed by atoms with Crippen molar-refractivity contribution in [1.29, 1.82) is 0 Å². The molecular weight excluding hydrogens is 351 g/mol. The number of carbonyl (C=O) groups is 2. The Balaban J connectivity index is 2.18. The molecule has 6 nitrogen and oxygen atoms in total. The van der Waals surface area contributed by atoms with Gasteiger partial charge in [-0.3, -0.25) is 14.8 Å². The van der Waals surface area contributed by atoms with Crippen LogP contribution in [0.1, 0.15) is 56.8 Å². The second-order valence-corrected chi connectivity index (χ2v) is 6.74. The normalized spacial score (nSPS) is 20.9. The van der Waals surface area contributed by atoms with Crippen molar-refractivity contribution in [2.75, 3.05) is 11.5 Å². The molecule has 26 heavy (non-hydrogen) atoms. The minimum atomic E-state index is -4.22. The summed E-state index contributed by atoms with van der Waals surface area (Å²) in [7, 11) is 0. The summed E-state index contributed by atoms with van der Waals surface area (Å²) in [5.74, 6) is -2.61. The fourth-order valence-electron chi connectivity index (χ4n) is 3.29. The lowest BCUT2D eigenvalue weighted by Crippen LogP contribution is -2.44. The van der Waals surface area contributed by atoms with Gasteiger partial charge in [0, 0.05) is 18.2 Å². The number of amides is 1. The van der Waals surface area contributed by atoms with Gasteiger partial charge in [-0.05, 0) is 46.5 Å². The molecule has 1 heterocycles. The first kappa shape index (κ1) is 20.3. The van der Waals surface area contributed by atoms with Crippen molar-refractivity contribution < 1.29 is 27.5 Å². The second kappa shape index (κ2) is 8.09. The molecule has 0 spiro atoms. The van der Waals surface area contributed by atoms with Crippen LogP contribution in [0.5, 0.6) is 0 Å². The molecule has 9 heteroatoms. The summed E-state index contributed by atoms with van der Waals surface area (Å²) in [5.41, 5.74) is 0.137. The number of halogens is 3. The number of esters is 1. The van der Waals surface area contributed by atoms with Gasteiger partial charge in [0.1, 0.15) is 5.56 Å². The molecule has 1 aromatic rings. The third-order valence-electron chi connectivity index (χ3n) is 4.64. The summed E-state index contributed by atoms with van der Waals surface area (Å²) in [6, 6.07) is -0.306.